The SMILES string of the molecule is C[C@H]1O[C@@H](O[C@H]2CC[C@@]3(C=O)[C@@H](CC[C@@H]4[C@@H]3CC[C@]3(C)[C@@H](C5=CC(=O)OC5)CC[C@]43O)C2)[C@H](O)[C@H](O)[C@@H]1O[C@@H]1O[C@H](CO)[C@@H](O)[C@H](O)[C@H]1O. The van der Waals surface area contributed by atoms with Crippen LogP contribution in [0.25, 0.3) is 0 Å². The summed E-state index contributed by atoms with van der Waals surface area (Å²) in [6.45, 7) is 3.39. The van der Waals surface area contributed by atoms with Gasteiger partial charge in [0.05, 0.1) is 24.4 Å². The first kappa shape index (κ1) is 35.8. The number of hydrogen-bond donors (Lipinski definition) is 7. The zero-order valence-corrected chi connectivity index (χ0v) is 28.1. The van der Waals surface area contributed by atoms with Crippen LogP contribution >= 0.6 is 0 Å². The number of esters is 1. The number of rotatable bonds is 7. The molecular weight excluding hydrogens is 644 g/mol. The molecule has 18 atom stereocenters. The van der Waals surface area contributed by atoms with Gasteiger partial charge in [0.25, 0.3) is 0 Å². The molecular formula is C35H52O14. The summed E-state index contributed by atoms with van der Waals surface area (Å²) in [6.07, 6.45) is -5.37. The van der Waals surface area contributed by atoms with Crippen molar-refractivity contribution in [1.29, 1.82) is 0 Å². The van der Waals surface area contributed by atoms with E-state index in [0.29, 0.717) is 25.7 Å². The molecule has 276 valence electrons. The van der Waals surface area contributed by atoms with Gasteiger partial charge in [-0.2, -0.15) is 0 Å². The Labute approximate surface area is 285 Å². The topological polar surface area (TPSA) is 222 Å². The third-order valence-electron chi connectivity index (χ3n) is 14.0. The van der Waals surface area contributed by atoms with E-state index in [1.165, 1.54) is 0 Å². The van der Waals surface area contributed by atoms with Gasteiger partial charge in [-0.3, -0.25) is 0 Å². The van der Waals surface area contributed by atoms with Gasteiger partial charge in [0, 0.05) is 16.9 Å². The molecule has 0 aromatic heterocycles. The summed E-state index contributed by atoms with van der Waals surface area (Å²) in [5.74, 6) is -0.243. The lowest BCUT2D eigenvalue weighted by atomic mass is 9.43. The van der Waals surface area contributed by atoms with Crippen molar-refractivity contribution in [2.75, 3.05) is 13.2 Å². The van der Waals surface area contributed by atoms with E-state index in [1.807, 2.05) is 0 Å². The summed E-state index contributed by atoms with van der Waals surface area (Å²) in [5.41, 5.74) is -0.979. The summed E-state index contributed by atoms with van der Waals surface area (Å²) in [6, 6.07) is 0. The van der Waals surface area contributed by atoms with Crippen LogP contribution in [-0.4, -0.2) is 134 Å². The van der Waals surface area contributed by atoms with Crippen molar-refractivity contribution in [3.63, 3.8) is 0 Å². The van der Waals surface area contributed by atoms with E-state index < -0.39 is 84.4 Å². The summed E-state index contributed by atoms with van der Waals surface area (Å²) in [7, 11) is 0. The molecule has 4 saturated carbocycles. The van der Waals surface area contributed by atoms with Crippen LogP contribution in [0.4, 0.5) is 0 Å². The molecule has 0 aromatic carbocycles. The Morgan fingerprint density at radius 3 is 2.31 bits per heavy atom. The Morgan fingerprint density at radius 2 is 1.61 bits per heavy atom. The molecule has 0 radical (unpaired) electrons. The molecule has 0 unspecified atom stereocenters. The second-order valence-corrected chi connectivity index (χ2v) is 16.0. The quantitative estimate of drug-likeness (QED) is 0.101. The maximum Gasteiger partial charge on any atom is 0.331 e. The average Bonchev–Trinajstić information content (AvgIpc) is 3.64. The zero-order valence-electron chi connectivity index (χ0n) is 28.1. The van der Waals surface area contributed by atoms with E-state index in [0.717, 1.165) is 44.0 Å². The third-order valence-corrected chi connectivity index (χ3v) is 14.0. The van der Waals surface area contributed by atoms with Gasteiger partial charge in [-0.1, -0.05) is 6.92 Å². The Kier molecular flexibility index (Phi) is 9.60. The van der Waals surface area contributed by atoms with E-state index in [1.54, 1.807) is 13.0 Å². The Hall–Kier alpha value is -1.56. The summed E-state index contributed by atoms with van der Waals surface area (Å²) in [4.78, 5) is 25.0. The summed E-state index contributed by atoms with van der Waals surface area (Å²) < 4.78 is 28.6. The number of aliphatic hydroxyl groups is 7. The summed E-state index contributed by atoms with van der Waals surface area (Å²) in [5, 5.41) is 74.7. The van der Waals surface area contributed by atoms with Gasteiger partial charge in [0.2, 0.25) is 0 Å². The first-order valence-corrected chi connectivity index (χ1v) is 18.0. The Bertz CT molecular complexity index is 1290. The van der Waals surface area contributed by atoms with Crippen molar-refractivity contribution in [1.82, 2.24) is 0 Å². The number of hydrogen-bond acceptors (Lipinski definition) is 14. The van der Waals surface area contributed by atoms with Crippen LogP contribution in [0.5, 0.6) is 0 Å². The minimum atomic E-state index is -1.68. The van der Waals surface area contributed by atoms with E-state index in [9.17, 15) is 45.3 Å². The number of carbonyl (C=O) groups excluding carboxylic acids is 2. The predicted octanol–water partition coefficient (Wildman–Crippen LogP) is -0.541. The average molecular weight is 697 g/mol. The van der Waals surface area contributed by atoms with E-state index in [2.05, 4.69) is 6.92 Å². The monoisotopic (exact) mass is 696 g/mol. The molecule has 4 aliphatic carbocycles. The second kappa shape index (κ2) is 13.1. The highest BCUT2D eigenvalue weighted by molar-refractivity contribution is 5.85. The van der Waals surface area contributed by atoms with Crippen LogP contribution in [0.3, 0.4) is 0 Å². The smallest absolute Gasteiger partial charge is 0.331 e. The number of cyclic esters (lactones) is 1. The van der Waals surface area contributed by atoms with E-state index in [-0.39, 0.29) is 42.4 Å². The molecule has 14 heteroatoms. The van der Waals surface area contributed by atoms with Crippen LogP contribution in [0, 0.1) is 34.5 Å². The van der Waals surface area contributed by atoms with Crippen molar-refractivity contribution in [3.8, 4) is 0 Å². The maximum absolute atomic E-state index is 13.1. The van der Waals surface area contributed by atoms with Gasteiger partial charge in [0.15, 0.2) is 12.6 Å². The largest absolute Gasteiger partial charge is 0.458 e. The van der Waals surface area contributed by atoms with Gasteiger partial charge in [-0.05, 0) is 94.0 Å². The highest BCUT2D eigenvalue weighted by Crippen LogP contribution is 2.69. The van der Waals surface area contributed by atoms with Gasteiger partial charge in [0.1, 0.15) is 55.6 Å². The molecule has 0 amide bonds. The van der Waals surface area contributed by atoms with Crippen LogP contribution in [0.15, 0.2) is 11.6 Å². The number of fused-ring (bicyclic) bond motifs is 5. The highest BCUT2D eigenvalue weighted by Gasteiger charge is 2.68. The van der Waals surface area contributed by atoms with Gasteiger partial charge < -0.3 is 64.2 Å². The minimum absolute atomic E-state index is 0.0177. The van der Waals surface area contributed by atoms with Crippen molar-refractivity contribution < 1.29 is 69.0 Å². The lowest BCUT2D eigenvalue weighted by Gasteiger charge is -2.63. The van der Waals surface area contributed by atoms with Crippen LogP contribution in [-0.2, 0) is 33.3 Å². The molecule has 7 aliphatic rings. The molecule has 7 N–H and O–H groups in total. The number of ether oxygens (including phenoxy) is 5. The Morgan fingerprint density at radius 1 is 0.878 bits per heavy atom. The molecule has 0 spiro atoms. The Balaban J connectivity index is 0.997. The molecule has 6 fully saturated rings. The van der Waals surface area contributed by atoms with E-state index in [4.69, 9.17) is 23.7 Å². The fourth-order valence-corrected chi connectivity index (χ4v) is 11.2. The molecule has 49 heavy (non-hydrogen) atoms. The van der Waals surface area contributed by atoms with Gasteiger partial charge >= 0.3 is 5.97 Å². The molecule has 0 bridgehead atoms. The van der Waals surface area contributed by atoms with Crippen LogP contribution in [0.2, 0.25) is 0 Å². The fourth-order valence-electron chi connectivity index (χ4n) is 11.2. The van der Waals surface area contributed by atoms with Gasteiger partial charge in [-0.25, -0.2) is 4.79 Å². The second-order valence-electron chi connectivity index (χ2n) is 16.0. The maximum atomic E-state index is 13.1. The van der Waals surface area contributed by atoms with E-state index >= 15 is 0 Å². The zero-order chi connectivity index (χ0) is 35.0. The van der Waals surface area contributed by atoms with Crippen molar-refractivity contribution in [2.45, 2.75) is 145 Å². The van der Waals surface area contributed by atoms with Gasteiger partial charge in [-0.15, -0.1) is 0 Å². The number of aldehydes is 1. The fraction of sp³-hybridized carbons (Fsp3) is 0.886. The van der Waals surface area contributed by atoms with Crippen LogP contribution < -0.4 is 0 Å². The van der Waals surface area contributed by atoms with Crippen molar-refractivity contribution >= 4 is 12.3 Å². The first-order chi connectivity index (χ1) is 23.3. The van der Waals surface area contributed by atoms with Crippen LogP contribution in [0.1, 0.15) is 71.6 Å². The molecule has 2 saturated heterocycles. The molecule has 3 aliphatic heterocycles. The van der Waals surface area contributed by atoms with Crippen molar-refractivity contribution in [3.05, 3.63) is 11.6 Å². The lowest BCUT2D eigenvalue weighted by molar-refractivity contribution is -0.360. The molecule has 7 rings (SSSR count). The first-order valence-electron chi connectivity index (χ1n) is 18.0. The molecule has 0 aromatic rings. The normalized spacial score (nSPS) is 54.3. The minimum Gasteiger partial charge on any atom is -0.458 e. The predicted molar refractivity (Wildman–Crippen MR) is 166 cm³/mol. The number of aliphatic hydroxyl groups excluding tert-OH is 6. The molecule has 14 nitrogen and oxygen atoms in total. The lowest BCUT2D eigenvalue weighted by Crippen LogP contribution is -2.64. The number of carbonyl (C=O) groups is 2. The third kappa shape index (κ3) is 5.56. The molecule has 3 heterocycles. The summed E-state index contributed by atoms with van der Waals surface area (Å²) >= 11 is 0. The van der Waals surface area contributed by atoms with Crippen molar-refractivity contribution in [2.24, 2.45) is 34.5 Å². The highest BCUT2D eigenvalue weighted by atomic mass is 16.7. The standard InChI is InChI=1S/C35H52O14/c1-16-30(49-32-28(42)26(40)25(39)23(13-36)48-32)27(41)29(43)31(46-16)47-19-5-9-34(15-37)18(12-19)3-4-22-21(34)6-8-33(2)20(7-10-35(22,33)44)17-11-24(38)45-14-17/h11,15-16,18-23,25-32,36,39-44H,3-10,12-14H2,1-2H3/t16-,18+,19+,20-,21+,22-,23-,25-,26+,27+,28-,29-,30-,31+,32+,33-,34-,35+/m1/s1.